The van der Waals surface area contributed by atoms with Gasteiger partial charge in [0.25, 0.3) is 5.88 Å². The Balaban J connectivity index is 4.48. The molecule has 0 saturated heterocycles. The largest absolute Gasteiger partial charge is 0.487 e. The maximum Gasteiger partial charge on any atom is 0.276 e. The van der Waals surface area contributed by atoms with Crippen molar-refractivity contribution in [2.24, 2.45) is 0 Å². The third-order valence-corrected chi connectivity index (χ3v) is 1.45. The average Bonchev–Trinajstić information content (AvgIpc) is 1.85. The third-order valence-electron chi connectivity index (χ3n) is 1.45. The fourth-order valence-corrected chi connectivity index (χ4v) is 1.14. The summed E-state index contributed by atoms with van der Waals surface area (Å²) < 4.78 is 0. The minimum absolute atomic E-state index is 0.122. The fraction of sp³-hybridized carbons (Fsp3) is 0.750. The van der Waals surface area contributed by atoms with Crippen molar-refractivity contribution in [2.75, 3.05) is 0 Å². The van der Waals surface area contributed by atoms with E-state index < -0.39 is 0 Å². The van der Waals surface area contributed by atoms with Crippen molar-refractivity contribution in [3.63, 3.8) is 0 Å². The molecule has 0 unspecified atom stereocenters. The second-order valence-electron chi connectivity index (χ2n) is 3.02. The van der Waals surface area contributed by atoms with Crippen molar-refractivity contribution in [1.82, 2.24) is 4.90 Å². The quantitative estimate of drug-likeness (QED) is 0.496. The van der Waals surface area contributed by atoms with Gasteiger partial charge in [-0.05, 0) is 27.7 Å². The summed E-state index contributed by atoms with van der Waals surface area (Å²) in [5.74, 6) is 1.17. The molecule has 0 aliphatic rings. The van der Waals surface area contributed by atoms with Crippen molar-refractivity contribution in [3.8, 4) is 0 Å². The molecule has 0 atom stereocenters. The Hall–Kier alpha value is -0.950. The lowest BCUT2D eigenvalue weighted by Crippen LogP contribution is -2.36. The molecule has 0 aliphatic heterocycles. The van der Waals surface area contributed by atoms with Gasteiger partial charge in [0.1, 0.15) is 0 Å². The minimum atomic E-state index is -0.310. The molecule has 0 aromatic carbocycles. The molecule has 0 bridgehead atoms. The third kappa shape index (κ3) is 2.64. The van der Waals surface area contributed by atoms with Gasteiger partial charge in [-0.3, -0.25) is 0 Å². The number of carbonyl (C=O) groups excluding carboxylic acids is 1. The molecule has 0 radical (unpaired) electrons. The number of hydrogen-bond donors (Lipinski definition) is 1. The summed E-state index contributed by atoms with van der Waals surface area (Å²) in [5.41, 5.74) is 0. The molecule has 0 amide bonds. The molecular formula is C8H15NO2. The van der Waals surface area contributed by atoms with E-state index in [4.69, 9.17) is 5.11 Å². The second-order valence-corrected chi connectivity index (χ2v) is 3.02. The monoisotopic (exact) mass is 157 g/mol. The van der Waals surface area contributed by atoms with Gasteiger partial charge in [0.2, 0.25) is 0 Å². The highest BCUT2D eigenvalue weighted by molar-refractivity contribution is 5.48. The zero-order valence-electron chi connectivity index (χ0n) is 7.46. The van der Waals surface area contributed by atoms with E-state index in [9.17, 15) is 4.79 Å². The van der Waals surface area contributed by atoms with E-state index >= 15 is 0 Å². The SMILES string of the molecule is CC(C)N(C(O)=C=O)C(C)C. The minimum Gasteiger partial charge on any atom is -0.487 e. The lowest BCUT2D eigenvalue weighted by molar-refractivity contribution is 0.139. The molecule has 0 aromatic rings. The van der Waals surface area contributed by atoms with E-state index in [1.807, 2.05) is 27.7 Å². The molecule has 3 heteroatoms. The summed E-state index contributed by atoms with van der Waals surface area (Å²) in [4.78, 5) is 11.7. The van der Waals surface area contributed by atoms with Crippen LogP contribution in [0.15, 0.2) is 5.88 Å². The smallest absolute Gasteiger partial charge is 0.276 e. The average molecular weight is 157 g/mol. The highest BCUT2D eigenvalue weighted by atomic mass is 16.3. The first-order valence-electron chi connectivity index (χ1n) is 3.73. The Morgan fingerprint density at radius 2 is 1.64 bits per heavy atom. The Bertz CT molecular complexity index is 161. The second kappa shape index (κ2) is 4.04. The lowest BCUT2D eigenvalue weighted by atomic mass is 10.2. The summed E-state index contributed by atoms with van der Waals surface area (Å²) >= 11 is 0. The number of rotatable bonds is 3. The Morgan fingerprint density at radius 3 is 1.73 bits per heavy atom. The van der Waals surface area contributed by atoms with Crippen molar-refractivity contribution < 1.29 is 9.90 Å². The maximum absolute atomic E-state index is 10.1. The van der Waals surface area contributed by atoms with Gasteiger partial charge in [-0.2, -0.15) is 0 Å². The van der Waals surface area contributed by atoms with E-state index in [1.54, 1.807) is 4.90 Å². The van der Waals surface area contributed by atoms with Crippen LogP contribution in [-0.4, -0.2) is 28.0 Å². The van der Waals surface area contributed by atoms with Crippen LogP contribution < -0.4 is 0 Å². The van der Waals surface area contributed by atoms with Crippen LogP contribution in [-0.2, 0) is 4.79 Å². The lowest BCUT2D eigenvalue weighted by Gasteiger charge is -2.29. The van der Waals surface area contributed by atoms with Crippen LogP contribution in [0, 0.1) is 0 Å². The van der Waals surface area contributed by atoms with Crippen molar-refractivity contribution >= 4 is 5.94 Å². The molecule has 11 heavy (non-hydrogen) atoms. The number of aliphatic hydroxyl groups excluding tert-OH is 1. The van der Waals surface area contributed by atoms with Crippen LogP contribution in [0.25, 0.3) is 0 Å². The number of aliphatic hydroxyl groups is 1. The molecule has 0 aromatic heterocycles. The summed E-state index contributed by atoms with van der Waals surface area (Å²) in [6.07, 6.45) is 0. The fourth-order valence-electron chi connectivity index (χ4n) is 1.14. The van der Waals surface area contributed by atoms with Gasteiger partial charge in [-0.25, -0.2) is 4.79 Å². The first-order chi connectivity index (χ1) is 5.00. The van der Waals surface area contributed by atoms with Gasteiger partial charge in [0.15, 0.2) is 5.94 Å². The summed E-state index contributed by atoms with van der Waals surface area (Å²) in [6.45, 7) is 7.64. The van der Waals surface area contributed by atoms with Gasteiger partial charge < -0.3 is 10.0 Å². The molecular weight excluding hydrogens is 142 g/mol. The van der Waals surface area contributed by atoms with Gasteiger partial charge in [-0.1, -0.05) is 0 Å². The first kappa shape index (κ1) is 10.0. The van der Waals surface area contributed by atoms with Crippen LogP contribution in [0.4, 0.5) is 0 Å². The van der Waals surface area contributed by atoms with E-state index in [0.717, 1.165) is 0 Å². The Labute approximate surface area is 67.3 Å². The van der Waals surface area contributed by atoms with Crippen LogP contribution in [0.5, 0.6) is 0 Å². The molecule has 0 saturated carbocycles. The summed E-state index contributed by atoms with van der Waals surface area (Å²) in [6, 6.07) is 0.243. The van der Waals surface area contributed by atoms with Crippen LogP contribution >= 0.6 is 0 Å². The summed E-state index contributed by atoms with van der Waals surface area (Å²) in [7, 11) is 0. The van der Waals surface area contributed by atoms with Crippen LogP contribution in [0.3, 0.4) is 0 Å². The normalized spacial score (nSPS) is 10.0. The molecule has 0 heterocycles. The highest BCUT2D eigenvalue weighted by Crippen LogP contribution is 2.08. The first-order valence-corrected chi connectivity index (χ1v) is 3.73. The topological polar surface area (TPSA) is 40.5 Å². The summed E-state index contributed by atoms with van der Waals surface area (Å²) in [5, 5.41) is 9.08. The predicted molar refractivity (Wildman–Crippen MR) is 43.9 cm³/mol. The molecule has 3 nitrogen and oxygen atoms in total. The van der Waals surface area contributed by atoms with E-state index in [2.05, 4.69) is 0 Å². The van der Waals surface area contributed by atoms with E-state index in [-0.39, 0.29) is 18.0 Å². The van der Waals surface area contributed by atoms with Gasteiger partial charge in [0, 0.05) is 12.1 Å². The zero-order valence-corrected chi connectivity index (χ0v) is 7.46. The van der Waals surface area contributed by atoms with Gasteiger partial charge in [-0.15, -0.1) is 0 Å². The molecule has 0 aliphatic carbocycles. The molecule has 64 valence electrons. The van der Waals surface area contributed by atoms with Crippen molar-refractivity contribution in [2.45, 2.75) is 39.8 Å². The van der Waals surface area contributed by atoms with E-state index in [0.29, 0.717) is 0 Å². The highest BCUT2D eigenvalue weighted by Gasteiger charge is 2.16. The van der Waals surface area contributed by atoms with Crippen molar-refractivity contribution in [1.29, 1.82) is 0 Å². The van der Waals surface area contributed by atoms with Gasteiger partial charge >= 0.3 is 0 Å². The van der Waals surface area contributed by atoms with Crippen molar-refractivity contribution in [3.05, 3.63) is 5.88 Å². The number of hydrogen-bond acceptors (Lipinski definition) is 3. The zero-order chi connectivity index (χ0) is 9.02. The van der Waals surface area contributed by atoms with Gasteiger partial charge in [0.05, 0.1) is 0 Å². The van der Waals surface area contributed by atoms with Crippen LogP contribution in [0.1, 0.15) is 27.7 Å². The number of nitrogens with zero attached hydrogens (tertiary/aromatic N) is 1. The molecule has 1 N–H and O–H groups in total. The Kier molecular flexibility index (Phi) is 3.69. The predicted octanol–water partition coefficient (Wildman–Crippen LogP) is 1.34. The Morgan fingerprint density at radius 1 is 1.27 bits per heavy atom. The maximum atomic E-state index is 10.1. The van der Waals surface area contributed by atoms with E-state index in [1.165, 1.54) is 5.94 Å². The standard InChI is InChI=1S/C8H15NO2/c1-6(2)9(7(3)4)8(11)5-10/h6-7,11H,1-4H3. The van der Waals surface area contributed by atoms with Crippen LogP contribution in [0.2, 0.25) is 0 Å². The molecule has 0 fully saturated rings. The molecule has 0 spiro atoms. The molecule has 0 rings (SSSR count).